The molecule has 0 unspecified atom stereocenters. The highest BCUT2D eigenvalue weighted by Gasteiger charge is 2.00. The zero-order valence-electron chi connectivity index (χ0n) is 12.6. The Bertz CT molecular complexity index is 649. The van der Waals surface area contributed by atoms with E-state index in [1.807, 2.05) is 55.5 Å². The molecule has 0 spiro atoms. The fourth-order valence-corrected chi connectivity index (χ4v) is 1.89. The van der Waals surface area contributed by atoms with E-state index in [0.717, 1.165) is 22.7 Å². The lowest BCUT2D eigenvalue weighted by Crippen LogP contribution is -2.09. The van der Waals surface area contributed by atoms with E-state index < -0.39 is 0 Å². The van der Waals surface area contributed by atoms with E-state index in [2.05, 4.69) is 16.0 Å². The second-order valence-corrected chi connectivity index (χ2v) is 4.86. The molecule has 2 aromatic rings. The van der Waals surface area contributed by atoms with Gasteiger partial charge in [-0.15, -0.1) is 0 Å². The minimum Gasteiger partial charge on any atom is -0.356 e. The Kier molecular flexibility index (Phi) is 5.14. The Hall–Kier alpha value is -2.82. The summed E-state index contributed by atoms with van der Waals surface area (Å²) in [7, 11) is 0. The van der Waals surface area contributed by atoms with Crippen LogP contribution in [0, 0.1) is 0 Å². The van der Waals surface area contributed by atoms with E-state index in [0.29, 0.717) is 6.42 Å². The summed E-state index contributed by atoms with van der Waals surface area (Å²) in [5.74, 6) is -0.0975. The summed E-state index contributed by atoms with van der Waals surface area (Å²) < 4.78 is 0. The zero-order valence-corrected chi connectivity index (χ0v) is 12.6. The maximum Gasteiger partial charge on any atom is 0.224 e. The van der Waals surface area contributed by atoms with Crippen LogP contribution in [0.2, 0.25) is 0 Å². The predicted octanol–water partition coefficient (Wildman–Crippen LogP) is 3.74. The summed E-state index contributed by atoms with van der Waals surface area (Å²) in [5.41, 5.74) is 3.37. The highest BCUT2D eigenvalue weighted by atomic mass is 16.2. The van der Waals surface area contributed by atoms with E-state index in [-0.39, 0.29) is 11.8 Å². The molecule has 5 heteroatoms. The maximum absolute atomic E-state index is 11.3. The molecule has 114 valence electrons. The predicted molar refractivity (Wildman–Crippen MR) is 89.4 cm³/mol. The van der Waals surface area contributed by atoms with Crippen LogP contribution in [0.25, 0.3) is 0 Å². The van der Waals surface area contributed by atoms with Gasteiger partial charge in [0.25, 0.3) is 0 Å². The molecule has 3 N–H and O–H groups in total. The minimum atomic E-state index is -0.0922. The summed E-state index contributed by atoms with van der Waals surface area (Å²) in [6, 6.07) is 14.9. The first-order valence-electron chi connectivity index (χ1n) is 7.11. The van der Waals surface area contributed by atoms with Gasteiger partial charge in [-0.3, -0.25) is 9.59 Å². The molecule has 0 atom stereocenters. The first-order valence-corrected chi connectivity index (χ1v) is 7.11. The number of carbonyl (C=O) groups is 2. The lowest BCUT2D eigenvalue weighted by atomic mass is 10.2. The summed E-state index contributed by atoms with van der Waals surface area (Å²) in [5, 5.41) is 8.78. The fraction of sp³-hybridized carbons (Fsp3) is 0.176. The van der Waals surface area contributed by atoms with Crippen molar-refractivity contribution in [3.63, 3.8) is 0 Å². The average Bonchev–Trinajstić information content (AvgIpc) is 2.50. The number of nitrogens with one attached hydrogen (secondary N) is 3. The Labute approximate surface area is 129 Å². The van der Waals surface area contributed by atoms with Gasteiger partial charge in [0, 0.05) is 36.1 Å². The molecule has 0 saturated heterocycles. The number of rotatable bonds is 5. The van der Waals surface area contributed by atoms with Crippen molar-refractivity contribution in [1.29, 1.82) is 0 Å². The highest BCUT2D eigenvalue weighted by molar-refractivity contribution is 5.90. The van der Waals surface area contributed by atoms with Crippen LogP contribution in [0.5, 0.6) is 0 Å². The summed E-state index contributed by atoms with van der Waals surface area (Å²) in [4.78, 5) is 22.3. The Balaban J connectivity index is 1.98. The second kappa shape index (κ2) is 7.26. The van der Waals surface area contributed by atoms with Crippen LogP contribution in [-0.2, 0) is 9.59 Å². The molecule has 0 aliphatic heterocycles. The molecule has 0 aliphatic rings. The van der Waals surface area contributed by atoms with Gasteiger partial charge in [-0.2, -0.15) is 0 Å². The summed E-state index contributed by atoms with van der Waals surface area (Å²) in [6.45, 7) is 3.29. The highest BCUT2D eigenvalue weighted by Crippen LogP contribution is 2.20. The first kappa shape index (κ1) is 15.6. The van der Waals surface area contributed by atoms with Gasteiger partial charge in [-0.25, -0.2) is 0 Å². The van der Waals surface area contributed by atoms with Crippen molar-refractivity contribution >= 4 is 34.6 Å². The van der Waals surface area contributed by atoms with Crippen molar-refractivity contribution in [1.82, 2.24) is 0 Å². The van der Waals surface area contributed by atoms with E-state index in [1.54, 1.807) is 0 Å². The van der Waals surface area contributed by atoms with E-state index in [9.17, 15) is 9.59 Å². The summed E-state index contributed by atoms with van der Waals surface area (Å²) >= 11 is 0. The molecule has 0 aliphatic carbocycles. The topological polar surface area (TPSA) is 70.2 Å². The standard InChI is InChI=1S/C17H19N3O2/c1-3-17(22)20-16-10-8-15(9-11-16)19-14-6-4-13(5-7-14)18-12(2)21/h4-11,19H,3H2,1-2H3,(H,18,21)(H,20,22). The third-order valence-electron chi connectivity index (χ3n) is 2.98. The number of hydrogen-bond donors (Lipinski definition) is 3. The van der Waals surface area contributed by atoms with E-state index in [1.165, 1.54) is 6.92 Å². The molecule has 0 saturated carbocycles. The molecule has 5 nitrogen and oxygen atoms in total. The fourth-order valence-electron chi connectivity index (χ4n) is 1.89. The largest absolute Gasteiger partial charge is 0.356 e. The molecular formula is C17H19N3O2. The minimum absolute atomic E-state index is 0.00531. The van der Waals surface area contributed by atoms with Crippen molar-refractivity contribution in [3.8, 4) is 0 Å². The lowest BCUT2D eigenvalue weighted by Gasteiger charge is -2.09. The van der Waals surface area contributed by atoms with Crippen LogP contribution < -0.4 is 16.0 Å². The molecule has 0 fully saturated rings. The van der Waals surface area contributed by atoms with Gasteiger partial charge < -0.3 is 16.0 Å². The molecule has 0 bridgehead atoms. The monoisotopic (exact) mass is 297 g/mol. The number of benzene rings is 2. The van der Waals surface area contributed by atoms with Gasteiger partial charge in [-0.05, 0) is 48.5 Å². The number of hydrogen-bond acceptors (Lipinski definition) is 3. The molecule has 2 amide bonds. The van der Waals surface area contributed by atoms with Crippen LogP contribution in [0.1, 0.15) is 20.3 Å². The van der Waals surface area contributed by atoms with Crippen LogP contribution in [0.15, 0.2) is 48.5 Å². The van der Waals surface area contributed by atoms with Gasteiger partial charge in [-0.1, -0.05) is 6.92 Å². The molecule has 22 heavy (non-hydrogen) atoms. The SMILES string of the molecule is CCC(=O)Nc1ccc(Nc2ccc(NC(C)=O)cc2)cc1. The van der Waals surface area contributed by atoms with Gasteiger partial charge in [0.2, 0.25) is 11.8 Å². The quantitative estimate of drug-likeness (QED) is 0.787. The molecule has 2 rings (SSSR count). The Morgan fingerprint density at radius 1 is 0.773 bits per heavy atom. The Morgan fingerprint density at radius 2 is 1.18 bits per heavy atom. The van der Waals surface area contributed by atoms with Crippen molar-refractivity contribution in [3.05, 3.63) is 48.5 Å². The molecule has 2 aromatic carbocycles. The van der Waals surface area contributed by atoms with Crippen molar-refractivity contribution in [2.75, 3.05) is 16.0 Å². The average molecular weight is 297 g/mol. The third kappa shape index (κ3) is 4.63. The van der Waals surface area contributed by atoms with Crippen LogP contribution in [0.4, 0.5) is 22.7 Å². The van der Waals surface area contributed by atoms with Gasteiger partial charge in [0.15, 0.2) is 0 Å². The van der Waals surface area contributed by atoms with Crippen molar-refractivity contribution < 1.29 is 9.59 Å². The van der Waals surface area contributed by atoms with Crippen LogP contribution >= 0.6 is 0 Å². The Morgan fingerprint density at radius 3 is 1.59 bits per heavy atom. The first-order chi connectivity index (χ1) is 10.6. The smallest absolute Gasteiger partial charge is 0.224 e. The maximum atomic E-state index is 11.3. The van der Waals surface area contributed by atoms with Crippen LogP contribution in [0.3, 0.4) is 0 Å². The molecule has 0 radical (unpaired) electrons. The van der Waals surface area contributed by atoms with Crippen molar-refractivity contribution in [2.24, 2.45) is 0 Å². The number of carbonyl (C=O) groups excluding carboxylic acids is 2. The van der Waals surface area contributed by atoms with Crippen molar-refractivity contribution in [2.45, 2.75) is 20.3 Å². The normalized spacial score (nSPS) is 9.91. The molecular weight excluding hydrogens is 278 g/mol. The molecule has 0 heterocycles. The van der Waals surface area contributed by atoms with E-state index in [4.69, 9.17) is 0 Å². The number of anilines is 4. The number of amides is 2. The zero-order chi connectivity index (χ0) is 15.9. The van der Waals surface area contributed by atoms with Gasteiger partial charge >= 0.3 is 0 Å². The molecule has 0 aromatic heterocycles. The summed E-state index contributed by atoms with van der Waals surface area (Å²) in [6.07, 6.45) is 0.459. The van der Waals surface area contributed by atoms with Gasteiger partial charge in [0.1, 0.15) is 0 Å². The van der Waals surface area contributed by atoms with Gasteiger partial charge in [0.05, 0.1) is 0 Å². The van der Waals surface area contributed by atoms with Crippen LogP contribution in [-0.4, -0.2) is 11.8 Å². The third-order valence-corrected chi connectivity index (χ3v) is 2.98. The lowest BCUT2D eigenvalue weighted by molar-refractivity contribution is -0.116. The second-order valence-electron chi connectivity index (χ2n) is 4.86. The van der Waals surface area contributed by atoms with E-state index >= 15 is 0 Å².